The van der Waals surface area contributed by atoms with E-state index < -0.39 is 26.9 Å². The van der Waals surface area contributed by atoms with Crippen molar-refractivity contribution in [3.8, 4) is 0 Å². The number of rotatable bonds is 7. The number of nitro benzene ring substituents is 1. The molecule has 1 N–H and O–H groups in total. The van der Waals surface area contributed by atoms with Gasteiger partial charge in [0.1, 0.15) is 6.04 Å². The number of sulfonamides is 1. The van der Waals surface area contributed by atoms with Gasteiger partial charge in [-0.05, 0) is 25.8 Å². The number of benzene rings is 1. The van der Waals surface area contributed by atoms with Crippen molar-refractivity contribution in [3.63, 3.8) is 0 Å². The highest BCUT2D eigenvalue weighted by Gasteiger charge is 2.30. The van der Waals surface area contributed by atoms with Gasteiger partial charge in [0.15, 0.2) is 0 Å². The molecule has 0 aliphatic rings. The summed E-state index contributed by atoms with van der Waals surface area (Å²) < 4.78 is 25.2. The monoisotopic (exact) mass is 357 g/mol. The molecule has 0 aromatic heterocycles. The minimum atomic E-state index is -3.81. The largest absolute Gasteiger partial charge is 0.352 e. The predicted molar refractivity (Wildman–Crippen MR) is 92.3 cm³/mol. The van der Waals surface area contributed by atoms with Gasteiger partial charge in [-0.15, -0.1) is 0 Å². The number of nitro groups is 1. The molecule has 0 aliphatic carbocycles. The van der Waals surface area contributed by atoms with Crippen molar-refractivity contribution < 1.29 is 18.1 Å². The lowest BCUT2D eigenvalue weighted by atomic mass is 10.1. The van der Waals surface area contributed by atoms with Crippen molar-refractivity contribution in [2.24, 2.45) is 5.92 Å². The van der Waals surface area contributed by atoms with Crippen LogP contribution >= 0.6 is 0 Å². The topological polar surface area (TPSA) is 110 Å². The molecule has 1 aromatic carbocycles. The third-order valence-corrected chi connectivity index (χ3v) is 5.00. The molecule has 1 amide bonds. The number of carbonyl (C=O) groups excluding carboxylic acids is 1. The van der Waals surface area contributed by atoms with Crippen LogP contribution in [0.15, 0.2) is 24.3 Å². The third-order valence-electron chi connectivity index (χ3n) is 3.75. The van der Waals surface area contributed by atoms with Gasteiger partial charge in [-0.3, -0.25) is 19.2 Å². The van der Waals surface area contributed by atoms with Gasteiger partial charge in [-0.1, -0.05) is 19.9 Å². The standard InChI is InChI=1S/C15H23N3O5S/c1-10(2)11(3)16-15(19)12(4)17(24(5,22)23)13-7-6-8-14(9-13)18(20)21/h6-12H,1-5H3,(H,16,19)/t11-,12+/m1/s1. The Morgan fingerprint density at radius 3 is 2.29 bits per heavy atom. The van der Waals surface area contributed by atoms with E-state index in [0.717, 1.165) is 16.6 Å². The van der Waals surface area contributed by atoms with E-state index in [1.54, 1.807) is 0 Å². The van der Waals surface area contributed by atoms with E-state index in [1.165, 1.54) is 25.1 Å². The highest BCUT2D eigenvalue weighted by atomic mass is 32.2. The van der Waals surface area contributed by atoms with Crippen molar-refractivity contribution in [2.45, 2.75) is 39.8 Å². The molecule has 9 heteroatoms. The second kappa shape index (κ2) is 7.61. The van der Waals surface area contributed by atoms with E-state index in [2.05, 4.69) is 5.32 Å². The number of hydrogen-bond acceptors (Lipinski definition) is 5. The second-order valence-electron chi connectivity index (χ2n) is 6.05. The summed E-state index contributed by atoms with van der Waals surface area (Å²) in [6.07, 6.45) is 0.960. The quantitative estimate of drug-likeness (QED) is 0.592. The van der Waals surface area contributed by atoms with Crippen LogP contribution in [-0.4, -0.2) is 37.6 Å². The van der Waals surface area contributed by atoms with Crippen LogP contribution in [0.2, 0.25) is 0 Å². The summed E-state index contributed by atoms with van der Waals surface area (Å²) in [5.41, 5.74) is -0.171. The van der Waals surface area contributed by atoms with Gasteiger partial charge in [-0.2, -0.15) is 0 Å². The Balaban J connectivity index is 3.21. The molecule has 0 aliphatic heterocycles. The fourth-order valence-electron chi connectivity index (χ4n) is 2.06. The summed E-state index contributed by atoms with van der Waals surface area (Å²) in [5.74, 6) is -0.279. The summed E-state index contributed by atoms with van der Waals surface area (Å²) in [5, 5.41) is 13.7. The van der Waals surface area contributed by atoms with E-state index in [4.69, 9.17) is 0 Å². The molecular weight excluding hydrogens is 334 g/mol. The fourth-order valence-corrected chi connectivity index (χ4v) is 3.23. The minimum Gasteiger partial charge on any atom is -0.352 e. The fraction of sp³-hybridized carbons (Fsp3) is 0.533. The first-order valence-electron chi connectivity index (χ1n) is 7.49. The number of nitrogens with one attached hydrogen (secondary N) is 1. The van der Waals surface area contributed by atoms with Crippen molar-refractivity contribution in [2.75, 3.05) is 10.6 Å². The average molecular weight is 357 g/mol. The molecule has 0 spiro atoms. The third kappa shape index (κ3) is 4.92. The lowest BCUT2D eigenvalue weighted by Gasteiger charge is -2.29. The Kier molecular flexibility index (Phi) is 6.30. The Bertz CT molecular complexity index is 718. The van der Waals surface area contributed by atoms with E-state index in [1.807, 2.05) is 20.8 Å². The van der Waals surface area contributed by atoms with Crippen LogP contribution in [0.1, 0.15) is 27.7 Å². The van der Waals surface area contributed by atoms with Crippen LogP contribution in [-0.2, 0) is 14.8 Å². The lowest BCUT2D eigenvalue weighted by molar-refractivity contribution is -0.384. The number of non-ortho nitro benzene ring substituents is 1. The SMILES string of the molecule is CC(C)[C@@H](C)NC(=O)[C@H](C)N(c1cccc([N+](=O)[O-])c1)S(C)(=O)=O. The zero-order chi connectivity index (χ0) is 18.7. The first kappa shape index (κ1) is 19.9. The van der Waals surface area contributed by atoms with Crippen molar-refractivity contribution in [3.05, 3.63) is 34.4 Å². The first-order chi connectivity index (χ1) is 10.9. The van der Waals surface area contributed by atoms with Gasteiger partial charge in [-0.25, -0.2) is 8.42 Å². The van der Waals surface area contributed by atoms with Crippen LogP contribution in [0.25, 0.3) is 0 Å². The summed E-state index contributed by atoms with van der Waals surface area (Å²) >= 11 is 0. The summed E-state index contributed by atoms with van der Waals surface area (Å²) in [6, 6.07) is 4.03. The molecule has 0 radical (unpaired) electrons. The van der Waals surface area contributed by atoms with Gasteiger partial charge in [0.05, 0.1) is 16.9 Å². The molecule has 0 saturated carbocycles. The first-order valence-corrected chi connectivity index (χ1v) is 9.34. The van der Waals surface area contributed by atoms with Crippen LogP contribution in [0.3, 0.4) is 0 Å². The van der Waals surface area contributed by atoms with Crippen molar-refractivity contribution in [1.82, 2.24) is 5.32 Å². The molecule has 8 nitrogen and oxygen atoms in total. The molecule has 0 fully saturated rings. The maximum Gasteiger partial charge on any atom is 0.271 e. The second-order valence-corrected chi connectivity index (χ2v) is 7.91. The average Bonchev–Trinajstić information content (AvgIpc) is 2.45. The zero-order valence-electron chi connectivity index (χ0n) is 14.4. The molecule has 0 bridgehead atoms. The van der Waals surface area contributed by atoms with E-state index >= 15 is 0 Å². The molecular formula is C15H23N3O5S. The smallest absolute Gasteiger partial charge is 0.271 e. The molecule has 2 atom stereocenters. The van der Waals surface area contributed by atoms with Crippen LogP contribution in [0.4, 0.5) is 11.4 Å². The maximum atomic E-state index is 12.4. The minimum absolute atomic E-state index is 0.0755. The van der Waals surface area contributed by atoms with E-state index in [0.29, 0.717) is 0 Å². The molecule has 134 valence electrons. The summed E-state index contributed by atoms with van der Waals surface area (Å²) in [6.45, 7) is 7.14. The van der Waals surface area contributed by atoms with Gasteiger partial charge in [0.25, 0.3) is 5.69 Å². The van der Waals surface area contributed by atoms with Crippen molar-refractivity contribution >= 4 is 27.3 Å². The maximum absolute atomic E-state index is 12.4. The van der Waals surface area contributed by atoms with Gasteiger partial charge < -0.3 is 5.32 Å². The highest BCUT2D eigenvalue weighted by Crippen LogP contribution is 2.25. The van der Waals surface area contributed by atoms with E-state index in [9.17, 15) is 23.3 Å². The Morgan fingerprint density at radius 1 is 1.25 bits per heavy atom. The summed E-state index contributed by atoms with van der Waals surface area (Å²) in [7, 11) is -3.81. The molecule has 24 heavy (non-hydrogen) atoms. The van der Waals surface area contributed by atoms with Gasteiger partial charge in [0, 0.05) is 18.2 Å². The molecule has 0 heterocycles. The van der Waals surface area contributed by atoms with Crippen LogP contribution in [0, 0.1) is 16.0 Å². The molecule has 1 rings (SSSR count). The normalized spacial score (nSPS) is 14.1. The van der Waals surface area contributed by atoms with Crippen LogP contribution in [0.5, 0.6) is 0 Å². The lowest BCUT2D eigenvalue weighted by Crippen LogP contribution is -2.50. The Labute approximate surface area is 142 Å². The predicted octanol–water partition coefficient (Wildman–Crippen LogP) is 1.91. The highest BCUT2D eigenvalue weighted by molar-refractivity contribution is 7.92. The van der Waals surface area contributed by atoms with Crippen molar-refractivity contribution in [1.29, 1.82) is 0 Å². The molecule has 0 unspecified atom stereocenters. The van der Waals surface area contributed by atoms with E-state index in [-0.39, 0.29) is 23.3 Å². The number of amides is 1. The number of carbonyl (C=O) groups is 1. The number of hydrogen-bond donors (Lipinski definition) is 1. The zero-order valence-corrected chi connectivity index (χ0v) is 15.2. The molecule has 1 aromatic rings. The van der Waals surface area contributed by atoms with Gasteiger partial charge >= 0.3 is 0 Å². The molecule has 0 saturated heterocycles. The van der Waals surface area contributed by atoms with Crippen LogP contribution < -0.4 is 9.62 Å². The number of nitrogens with zero attached hydrogens (tertiary/aromatic N) is 2. The Morgan fingerprint density at radius 2 is 1.83 bits per heavy atom. The number of anilines is 1. The van der Waals surface area contributed by atoms with Gasteiger partial charge in [0.2, 0.25) is 15.9 Å². The Hall–Kier alpha value is -2.16. The summed E-state index contributed by atoms with van der Waals surface area (Å²) in [4.78, 5) is 22.7.